The van der Waals surface area contributed by atoms with E-state index in [1.165, 1.54) is 11.5 Å². The Balaban J connectivity index is 2.11. The van der Waals surface area contributed by atoms with Crippen molar-refractivity contribution in [3.05, 3.63) is 0 Å². The summed E-state index contributed by atoms with van der Waals surface area (Å²) in [5.74, 6) is 2.39. The van der Waals surface area contributed by atoms with E-state index in [1.54, 1.807) is 0 Å². The fraction of sp³-hybridized carbons (Fsp3) is 1.00. The molecule has 13 heavy (non-hydrogen) atoms. The van der Waals surface area contributed by atoms with Crippen LogP contribution < -0.4 is 10.5 Å². The van der Waals surface area contributed by atoms with Crippen LogP contribution in [0, 0.1) is 0 Å². The monoisotopic (exact) mass is 224 g/mol. The van der Waals surface area contributed by atoms with Gasteiger partial charge in [0.05, 0.1) is 5.75 Å². The van der Waals surface area contributed by atoms with E-state index >= 15 is 0 Å². The first kappa shape index (κ1) is 11.3. The molecule has 0 radical (unpaired) electrons. The summed E-state index contributed by atoms with van der Waals surface area (Å²) in [7, 11) is -3.29. The highest BCUT2D eigenvalue weighted by atomic mass is 32.2. The lowest BCUT2D eigenvalue weighted by molar-refractivity contribution is 0.495. The van der Waals surface area contributed by atoms with Gasteiger partial charge in [0.1, 0.15) is 0 Å². The summed E-state index contributed by atoms with van der Waals surface area (Å²) >= 11 is 1.95. The molecule has 0 aromatic rings. The van der Waals surface area contributed by atoms with Crippen LogP contribution in [-0.2, 0) is 10.0 Å². The molecule has 4 nitrogen and oxygen atoms in total. The molecule has 3 N–H and O–H groups in total. The molecular formula is C7H16N2O2S2. The summed E-state index contributed by atoms with van der Waals surface area (Å²) < 4.78 is 21.2. The molecule has 0 aliphatic carbocycles. The third-order valence-corrected chi connectivity index (χ3v) is 3.86. The van der Waals surface area contributed by atoms with Crippen molar-refractivity contribution in [3.8, 4) is 0 Å². The molecule has 1 aliphatic rings. The zero-order valence-electron chi connectivity index (χ0n) is 7.53. The summed E-state index contributed by atoms with van der Waals surface area (Å²) in [6.07, 6.45) is 2.27. The SMILES string of the molecule is NS(=O)(=O)CCNC1CCSCC1. The van der Waals surface area contributed by atoms with E-state index < -0.39 is 10.0 Å². The highest BCUT2D eigenvalue weighted by Gasteiger charge is 2.13. The van der Waals surface area contributed by atoms with E-state index in [4.69, 9.17) is 5.14 Å². The van der Waals surface area contributed by atoms with E-state index in [2.05, 4.69) is 5.32 Å². The smallest absolute Gasteiger partial charge is 0.210 e. The molecule has 0 bridgehead atoms. The summed E-state index contributed by atoms with van der Waals surface area (Å²) in [6.45, 7) is 0.480. The fourth-order valence-corrected chi connectivity index (χ4v) is 2.82. The second kappa shape index (κ2) is 5.19. The maximum Gasteiger partial charge on any atom is 0.210 e. The van der Waals surface area contributed by atoms with Crippen molar-refractivity contribution in [2.24, 2.45) is 5.14 Å². The molecule has 0 atom stereocenters. The van der Waals surface area contributed by atoms with Gasteiger partial charge < -0.3 is 5.32 Å². The molecule has 0 spiro atoms. The first-order valence-corrected chi connectivity index (χ1v) is 7.26. The van der Waals surface area contributed by atoms with Crippen LogP contribution in [0.15, 0.2) is 0 Å². The Hall–Kier alpha value is 0.220. The molecule has 0 amide bonds. The molecule has 0 saturated carbocycles. The fourth-order valence-electron chi connectivity index (χ4n) is 1.31. The van der Waals surface area contributed by atoms with Gasteiger partial charge in [0, 0.05) is 12.6 Å². The maximum absolute atomic E-state index is 10.6. The van der Waals surface area contributed by atoms with Crippen LogP contribution in [0.3, 0.4) is 0 Å². The first-order chi connectivity index (χ1) is 6.08. The van der Waals surface area contributed by atoms with Crippen molar-refractivity contribution in [1.29, 1.82) is 0 Å². The number of nitrogens with two attached hydrogens (primary N) is 1. The van der Waals surface area contributed by atoms with Crippen molar-refractivity contribution in [2.75, 3.05) is 23.8 Å². The van der Waals surface area contributed by atoms with E-state index in [1.807, 2.05) is 11.8 Å². The Bertz CT molecular complexity index is 235. The number of hydrogen-bond acceptors (Lipinski definition) is 4. The van der Waals surface area contributed by atoms with Gasteiger partial charge in [-0.15, -0.1) is 0 Å². The minimum Gasteiger partial charge on any atom is -0.313 e. The predicted molar refractivity (Wildman–Crippen MR) is 56.3 cm³/mol. The zero-order chi connectivity index (χ0) is 9.73. The van der Waals surface area contributed by atoms with Crippen LogP contribution >= 0.6 is 11.8 Å². The van der Waals surface area contributed by atoms with Gasteiger partial charge >= 0.3 is 0 Å². The van der Waals surface area contributed by atoms with E-state index in [0.717, 1.165) is 12.8 Å². The summed E-state index contributed by atoms with van der Waals surface area (Å²) in [5, 5.41) is 8.08. The van der Waals surface area contributed by atoms with Gasteiger partial charge in [0.2, 0.25) is 10.0 Å². The summed E-state index contributed by atoms with van der Waals surface area (Å²) in [5.41, 5.74) is 0. The molecule has 78 valence electrons. The minimum atomic E-state index is -3.29. The van der Waals surface area contributed by atoms with Crippen molar-refractivity contribution in [1.82, 2.24) is 5.32 Å². The average Bonchev–Trinajstić information content (AvgIpc) is 2.04. The van der Waals surface area contributed by atoms with Gasteiger partial charge in [0.25, 0.3) is 0 Å². The number of sulfonamides is 1. The average molecular weight is 224 g/mol. The molecule has 1 fully saturated rings. The largest absolute Gasteiger partial charge is 0.313 e. The van der Waals surface area contributed by atoms with Crippen LogP contribution in [0.4, 0.5) is 0 Å². The standard InChI is InChI=1S/C7H16N2O2S2/c8-13(10,11)6-3-9-7-1-4-12-5-2-7/h7,9H,1-6H2,(H2,8,10,11). The maximum atomic E-state index is 10.6. The molecule has 1 rings (SSSR count). The topological polar surface area (TPSA) is 72.2 Å². The Morgan fingerprint density at radius 2 is 2.00 bits per heavy atom. The lowest BCUT2D eigenvalue weighted by atomic mass is 10.1. The Labute approximate surface area is 83.7 Å². The lowest BCUT2D eigenvalue weighted by Gasteiger charge is -2.22. The number of rotatable bonds is 4. The third-order valence-electron chi connectivity index (χ3n) is 2.04. The summed E-state index contributed by atoms with van der Waals surface area (Å²) in [6, 6.07) is 0.489. The van der Waals surface area contributed by atoms with Gasteiger partial charge in [-0.05, 0) is 24.3 Å². The molecule has 0 unspecified atom stereocenters. The minimum absolute atomic E-state index is 0.0383. The van der Waals surface area contributed by atoms with Crippen molar-refractivity contribution < 1.29 is 8.42 Å². The van der Waals surface area contributed by atoms with E-state index in [9.17, 15) is 8.42 Å². The second-order valence-electron chi connectivity index (χ2n) is 3.21. The van der Waals surface area contributed by atoms with Crippen LogP contribution in [0.2, 0.25) is 0 Å². The molecule has 1 aliphatic heterocycles. The van der Waals surface area contributed by atoms with Crippen molar-refractivity contribution in [3.63, 3.8) is 0 Å². The van der Waals surface area contributed by atoms with E-state index in [-0.39, 0.29) is 5.75 Å². The highest BCUT2D eigenvalue weighted by molar-refractivity contribution is 7.99. The van der Waals surface area contributed by atoms with Crippen molar-refractivity contribution in [2.45, 2.75) is 18.9 Å². The highest BCUT2D eigenvalue weighted by Crippen LogP contribution is 2.16. The van der Waals surface area contributed by atoms with Crippen LogP contribution in [-0.4, -0.2) is 38.3 Å². The number of primary sulfonamides is 1. The zero-order valence-corrected chi connectivity index (χ0v) is 9.16. The Morgan fingerprint density at radius 1 is 1.38 bits per heavy atom. The molecule has 0 aromatic carbocycles. The van der Waals surface area contributed by atoms with Crippen LogP contribution in [0.5, 0.6) is 0 Å². The normalized spacial score (nSPS) is 20.4. The Morgan fingerprint density at radius 3 is 2.54 bits per heavy atom. The Kier molecular flexibility index (Phi) is 4.51. The molecule has 6 heteroatoms. The second-order valence-corrected chi connectivity index (χ2v) is 6.17. The lowest BCUT2D eigenvalue weighted by Crippen LogP contribution is -2.36. The predicted octanol–water partition coefficient (Wildman–Crippen LogP) is -0.240. The number of nitrogens with one attached hydrogen (secondary N) is 1. The summed E-state index contributed by atoms with van der Waals surface area (Å²) in [4.78, 5) is 0. The van der Waals surface area contributed by atoms with Crippen LogP contribution in [0.25, 0.3) is 0 Å². The van der Waals surface area contributed by atoms with Crippen molar-refractivity contribution >= 4 is 21.8 Å². The third kappa shape index (κ3) is 5.51. The van der Waals surface area contributed by atoms with Gasteiger partial charge in [-0.3, -0.25) is 0 Å². The van der Waals surface area contributed by atoms with E-state index in [0.29, 0.717) is 12.6 Å². The van der Waals surface area contributed by atoms with Crippen LogP contribution in [0.1, 0.15) is 12.8 Å². The van der Waals surface area contributed by atoms with Gasteiger partial charge in [-0.2, -0.15) is 11.8 Å². The molecular weight excluding hydrogens is 208 g/mol. The molecule has 1 saturated heterocycles. The van der Waals surface area contributed by atoms with Gasteiger partial charge in [-0.25, -0.2) is 13.6 Å². The molecule has 1 heterocycles. The quantitative estimate of drug-likeness (QED) is 0.691. The molecule has 0 aromatic heterocycles. The van der Waals surface area contributed by atoms with Gasteiger partial charge in [-0.1, -0.05) is 0 Å². The number of hydrogen-bond donors (Lipinski definition) is 2. The first-order valence-electron chi connectivity index (χ1n) is 4.39. The van der Waals surface area contributed by atoms with Gasteiger partial charge in [0.15, 0.2) is 0 Å². The number of thioether (sulfide) groups is 1.